The van der Waals surface area contributed by atoms with Crippen LogP contribution in [0, 0.1) is 5.92 Å². The van der Waals surface area contributed by atoms with Crippen molar-refractivity contribution >= 4 is 0 Å². The Labute approximate surface area is 115 Å². The van der Waals surface area contributed by atoms with Crippen molar-refractivity contribution in [1.82, 2.24) is 10.2 Å². The zero-order valence-corrected chi connectivity index (χ0v) is 11.9. The van der Waals surface area contributed by atoms with Gasteiger partial charge in [-0.3, -0.25) is 0 Å². The molecule has 0 radical (unpaired) electrons. The Morgan fingerprint density at radius 1 is 1.47 bits per heavy atom. The standard InChI is InChI=1S/C15H24N2O2/c1-17-7-3-4-12(11-17)9-16-10-13-8-14(19-2)5-6-15(13)18/h5-6,8,12,16,18H,3-4,7,9-11H2,1-2H3. The second-order valence-electron chi connectivity index (χ2n) is 5.40. The Bertz CT molecular complexity index is 409. The van der Waals surface area contributed by atoms with Crippen molar-refractivity contribution in [2.24, 2.45) is 5.92 Å². The van der Waals surface area contributed by atoms with Crippen molar-refractivity contribution < 1.29 is 9.84 Å². The molecule has 1 heterocycles. The third kappa shape index (κ3) is 4.11. The summed E-state index contributed by atoms with van der Waals surface area (Å²) in [7, 11) is 3.82. The summed E-state index contributed by atoms with van der Waals surface area (Å²) in [4.78, 5) is 2.39. The highest BCUT2D eigenvalue weighted by atomic mass is 16.5. The minimum absolute atomic E-state index is 0.328. The van der Waals surface area contributed by atoms with E-state index >= 15 is 0 Å². The summed E-state index contributed by atoms with van der Waals surface area (Å²) >= 11 is 0. The van der Waals surface area contributed by atoms with E-state index in [9.17, 15) is 5.11 Å². The lowest BCUT2D eigenvalue weighted by Gasteiger charge is -2.29. The molecule has 0 amide bonds. The summed E-state index contributed by atoms with van der Waals surface area (Å²) in [5.41, 5.74) is 0.892. The summed E-state index contributed by atoms with van der Waals surface area (Å²) in [5, 5.41) is 13.2. The van der Waals surface area contributed by atoms with Crippen molar-refractivity contribution in [3.63, 3.8) is 0 Å². The number of phenols is 1. The van der Waals surface area contributed by atoms with Crippen LogP contribution in [0.25, 0.3) is 0 Å². The van der Waals surface area contributed by atoms with Crippen LogP contribution in [0.3, 0.4) is 0 Å². The fourth-order valence-corrected chi connectivity index (χ4v) is 2.68. The van der Waals surface area contributed by atoms with Crippen LogP contribution < -0.4 is 10.1 Å². The molecule has 1 aliphatic heterocycles. The predicted octanol–water partition coefficient (Wildman–Crippen LogP) is 1.83. The maximum Gasteiger partial charge on any atom is 0.120 e. The number of hydrogen-bond acceptors (Lipinski definition) is 4. The number of piperidine rings is 1. The number of hydrogen-bond donors (Lipinski definition) is 2. The lowest BCUT2D eigenvalue weighted by molar-refractivity contribution is 0.206. The Hall–Kier alpha value is -1.26. The molecule has 1 fully saturated rings. The largest absolute Gasteiger partial charge is 0.508 e. The van der Waals surface area contributed by atoms with E-state index in [1.807, 2.05) is 6.07 Å². The van der Waals surface area contributed by atoms with E-state index in [0.29, 0.717) is 18.2 Å². The number of likely N-dealkylation sites (tertiary alicyclic amines) is 1. The summed E-state index contributed by atoms with van der Waals surface area (Å²) in [6.45, 7) is 4.06. The number of ether oxygens (including phenoxy) is 1. The highest BCUT2D eigenvalue weighted by molar-refractivity contribution is 5.39. The maximum absolute atomic E-state index is 9.81. The minimum atomic E-state index is 0.328. The second-order valence-corrected chi connectivity index (χ2v) is 5.40. The van der Waals surface area contributed by atoms with Crippen LogP contribution in [0.5, 0.6) is 11.5 Å². The van der Waals surface area contributed by atoms with Crippen LogP contribution in [0.1, 0.15) is 18.4 Å². The molecule has 1 atom stereocenters. The smallest absolute Gasteiger partial charge is 0.120 e. The molecule has 0 aliphatic carbocycles. The third-order valence-corrected chi connectivity index (χ3v) is 3.76. The van der Waals surface area contributed by atoms with E-state index in [0.717, 1.165) is 24.4 Å². The lowest BCUT2D eigenvalue weighted by atomic mass is 9.98. The predicted molar refractivity (Wildman–Crippen MR) is 76.6 cm³/mol. The van der Waals surface area contributed by atoms with Crippen molar-refractivity contribution in [1.29, 1.82) is 0 Å². The number of methoxy groups -OCH3 is 1. The van der Waals surface area contributed by atoms with Crippen LogP contribution in [0.2, 0.25) is 0 Å². The average molecular weight is 264 g/mol. The molecule has 106 valence electrons. The van der Waals surface area contributed by atoms with Crippen molar-refractivity contribution in [2.75, 3.05) is 33.8 Å². The van der Waals surface area contributed by atoms with E-state index < -0.39 is 0 Å². The van der Waals surface area contributed by atoms with Crippen LogP contribution in [0.4, 0.5) is 0 Å². The molecule has 0 spiro atoms. The van der Waals surface area contributed by atoms with Gasteiger partial charge in [0.1, 0.15) is 11.5 Å². The average Bonchev–Trinajstić information content (AvgIpc) is 2.41. The first kappa shape index (κ1) is 14.2. The van der Waals surface area contributed by atoms with Gasteiger partial charge in [-0.25, -0.2) is 0 Å². The SMILES string of the molecule is COc1ccc(O)c(CNCC2CCCN(C)C2)c1. The maximum atomic E-state index is 9.81. The van der Waals surface area contributed by atoms with Crippen molar-refractivity contribution in [3.05, 3.63) is 23.8 Å². The summed E-state index contributed by atoms with van der Waals surface area (Å²) in [6.07, 6.45) is 2.58. The van der Waals surface area contributed by atoms with Gasteiger partial charge in [0, 0.05) is 18.7 Å². The molecule has 1 saturated heterocycles. The van der Waals surface area contributed by atoms with Gasteiger partial charge in [-0.05, 0) is 57.1 Å². The topological polar surface area (TPSA) is 44.7 Å². The number of nitrogens with one attached hydrogen (secondary N) is 1. The van der Waals surface area contributed by atoms with Gasteiger partial charge in [-0.15, -0.1) is 0 Å². The third-order valence-electron chi connectivity index (χ3n) is 3.76. The number of phenolic OH excluding ortho intramolecular Hbond substituents is 1. The van der Waals surface area contributed by atoms with Gasteiger partial charge < -0.3 is 20.1 Å². The van der Waals surface area contributed by atoms with Gasteiger partial charge in [0.05, 0.1) is 7.11 Å². The molecule has 19 heavy (non-hydrogen) atoms. The Morgan fingerprint density at radius 2 is 2.32 bits per heavy atom. The van der Waals surface area contributed by atoms with Crippen LogP contribution in [0.15, 0.2) is 18.2 Å². The summed E-state index contributed by atoms with van der Waals surface area (Å²) in [5.74, 6) is 1.83. The van der Waals surface area contributed by atoms with Crippen molar-refractivity contribution in [3.8, 4) is 11.5 Å². The highest BCUT2D eigenvalue weighted by Gasteiger charge is 2.16. The lowest BCUT2D eigenvalue weighted by Crippen LogP contribution is -2.37. The monoisotopic (exact) mass is 264 g/mol. The van der Waals surface area contributed by atoms with Gasteiger partial charge in [0.15, 0.2) is 0 Å². The molecule has 0 saturated carbocycles. The molecule has 0 aromatic heterocycles. The van der Waals surface area contributed by atoms with E-state index in [2.05, 4.69) is 17.3 Å². The molecular weight excluding hydrogens is 240 g/mol. The fraction of sp³-hybridized carbons (Fsp3) is 0.600. The van der Waals surface area contributed by atoms with Crippen LogP contribution in [-0.4, -0.2) is 43.8 Å². The zero-order chi connectivity index (χ0) is 13.7. The van der Waals surface area contributed by atoms with Crippen molar-refractivity contribution in [2.45, 2.75) is 19.4 Å². The van der Waals surface area contributed by atoms with Crippen LogP contribution in [-0.2, 0) is 6.54 Å². The molecule has 1 unspecified atom stereocenters. The van der Waals surface area contributed by atoms with Crippen LogP contribution >= 0.6 is 0 Å². The minimum Gasteiger partial charge on any atom is -0.508 e. The first-order chi connectivity index (χ1) is 9.19. The first-order valence-corrected chi connectivity index (χ1v) is 6.94. The number of rotatable bonds is 5. The van der Waals surface area contributed by atoms with Gasteiger partial charge in [-0.1, -0.05) is 0 Å². The summed E-state index contributed by atoms with van der Waals surface area (Å²) in [6, 6.07) is 5.34. The van der Waals surface area contributed by atoms with Gasteiger partial charge >= 0.3 is 0 Å². The molecule has 2 N–H and O–H groups in total. The fourth-order valence-electron chi connectivity index (χ4n) is 2.68. The number of nitrogens with zero attached hydrogens (tertiary/aromatic N) is 1. The van der Waals surface area contributed by atoms with E-state index in [4.69, 9.17) is 4.74 Å². The molecule has 1 aliphatic rings. The molecule has 0 bridgehead atoms. The Balaban J connectivity index is 1.81. The molecule has 1 aromatic carbocycles. The highest BCUT2D eigenvalue weighted by Crippen LogP contribution is 2.22. The van der Waals surface area contributed by atoms with Gasteiger partial charge in [-0.2, -0.15) is 0 Å². The Morgan fingerprint density at radius 3 is 3.05 bits per heavy atom. The molecule has 4 heteroatoms. The number of benzene rings is 1. The normalized spacial score (nSPS) is 20.4. The molecule has 4 nitrogen and oxygen atoms in total. The molecule has 2 rings (SSSR count). The van der Waals surface area contributed by atoms with Gasteiger partial charge in [0.2, 0.25) is 0 Å². The number of aromatic hydroxyl groups is 1. The van der Waals surface area contributed by atoms with E-state index in [1.54, 1.807) is 19.2 Å². The second kappa shape index (κ2) is 6.78. The molecule has 1 aromatic rings. The zero-order valence-electron chi connectivity index (χ0n) is 11.9. The van der Waals surface area contributed by atoms with E-state index in [1.165, 1.54) is 19.4 Å². The molecular formula is C15H24N2O2. The first-order valence-electron chi connectivity index (χ1n) is 6.94. The quantitative estimate of drug-likeness (QED) is 0.851. The Kier molecular flexibility index (Phi) is 5.05. The van der Waals surface area contributed by atoms with Gasteiger partial charge in [0.25, 0.3) is 0 Å². The van der Waals surface area contributed by atoms with E-state index in [-0.39, 0.29) is 0 Å². The summed E-state index contributed by atoms with van der Waals surface area (Å²) < 4.78 is 5.17.